The Kier molecular flexibility index (Phi) is 8.70. The maximum Gasteiger partial charge on any atom is 0.0468 e. The highest BCUT2D eigenvalue weighted by Gasteiger charge is 2.21. The molecule has 10 rings (SSSR count). The Hall–Kier alpha value is -7.16. The highest BCUT2D eigenvalue weighted by Crippen LogP contribution is 2.39. The lowest BCUT2D eigenvalue weighted by Crippen LogP contribution is -2.18. The molecular weight excluding hydrogens is 677 g/mol. The van der Waals surface area contributed by atoms with Crippen molar-refractivity contribution < 1.29 is 0 Å². The third-order valence-corrected chi connectivity index (χ3v) is 11.1. The zero-order chi connectivity index (χ0) is 37.3. The quantitative estimate of drug-likeness (QED) is 0.144. The summed E-state index contributed by atoms with van der Waals surface area (Å²) in [6.07, 6.45) is 19.1. The lowest BCUT2D eigenvalue weighted by atomic mass is 9.87. The summed E-state index contributed by atoms with van der Waals surface area (Å²) in [5.74, 6) is 0.448. The summed E-state index contributed by atoms with van der Waals surface area (Å²) < 4.78 is 0. The molecule has 0 heterocycles. The fourth-order valence-corrected chi connectivity index (χ4v) is 8.08. The SMILES string of the molecule is C1=CCC2C=CC(N(c3ccc(/C=C/c4ccc(N(c5ccc6ccccc6c5)c5ccc6ccccc6c5)cc4)cc3)c3ccc4ccccc4c3)=CC2=C1. The minimum absolute atomic E-state index is 0.448. The molecule has 0 aliphatic heterocycles. The minimum Gasteiger partial charge on any atom is -0.310 e. The zero-order valence-electron chi connectivity index (χ0n) is 31.0. The highest BCUT2D eigenvalue weighted by molar-refractivity contribution is 5.93. The fourth-order valence-electron chi connectivity index (χ4n) is 8.08. The first-order valence-electron chi connectivity index (χ1n) is 19.4. The lowest BCUT2D eigenvalue weighted by molar-refractivity contribution is 0.774. The maximum absolute atomic E-state index is 2.38. The second-order valence-corrected chi connectivity index (χ2v) is 14.6. The topological polar surface area (TPSA) is 6.48 Å². The first kappa shape index (κ1) is 33.4. The monoisotopic (exact) mass is 716 g/mol. The van der Waals surface area contributed by atoms with Gasteiger partial charge in [0.25, 0.3) is 0 Å². The van der Waals surface area contributed by atoms with E-state index in [1.165, 1.54) is 43.6 Å². The normalized spacial score (nSPS) is 14.9. The lowest BCUT2D eigenvalue weighted by Gasteiger charge is -2.30. The number of benzene rings is 8. The van der Waals surface area contributed by atoms with Gasteiger partial charge >= 0.3 is 0 Å². The van der Waals surface area contributed by atoms with E-state index in [0.29, 0.717) is 5.92 Å². The molecule has 2 heteroatoms. The molecule has 8 aromatic rings. The predicted molar refractivity (Wildman–Crippen MR) is 240 cm³/mol. The number of nitrogens with zero attached hydrogens (tertiary/aromatic N) is 2. The highest BCUT2D eigenvalue weighted by atomic mass is 15.1. The predicted octanol–water partition coefficient (Wildman–Crippen LogP) is 14.9. The van der Waals surface area contributed by atoms with E-state index in [2.05, 4.69) is 234 Å². The van der Waals surface area contributed by atoms with E-state index >= 15 is 0 Å². The van der Waals surface area contributed by atoms with Gasteiger partial charge < -0.3 is 9.80 Å². The van der Waals surface area contributed by atoms with Crippen molar-refractivity contribution in [3.63, 3.8) is 0 Å². The molecule has 2 aliphatic carbocycles. The summed E-state index contributed by atoms with van der Waals surface area (Å²) >= 11 is 0. The number of allylic oxidation sites excluding steroid dienone is 7. The van der Waals surface area contributed by atoms with Crippen molar-refractivity contribution in [2.45, 2.75) is 6.42 Å². The van der Waals surface area contributed by atoms with Gasteiger partial charge in [0.2, 0.25) is 0 Å². The molecule has 8 aromatic carbocycles. The van der Waals surface area contributed by atoms with Crippen LogP contribution in [0, 0.1) is 5.92 Å². The second-order valence-electron chi connectivity index (χ2n) is 14.6. The zero-order valence-corrected chi connectivity index (χ0v) is 31.0. The van der Waals surface area contributed by atoms with Gasteiger partial charge in [0, 0.05) is 40.1 Å². The molecule has 0 fully saturated rings. The Bertz CT molecular complexity index is 2810. The van der Waals surface area contributed by atoms with Gasteiger partial charge in [-0.1, -0.05) is 152 Å². The van der Waals surface area contributed by atoms with Crippen molar-refractivity contribution in [2.24, 2.45) is 5.92 Å². The minimum atomic E-state index is 0.448. The molecule has 2 nitrogen and oxygen atoms in total. The van der Waals surface area contributed by atoms with Gasteiger partial charge in [-0.05, 0) is 128 Å². The largest absolute Gasteiger partial charge is 0.310 e. The van der Waals surface area contributed by atoms with Crippen LogP contribution in [0.25, 0.3) is 44.5 Å². The Morgan fingerprint density at radius 3 is 1.36 bits per heavy atom. The standard InChI is InChI=1S/C54H40N2/c1-5-13-45-35-51(31-23-41(45)9-1)55(52-32-24-42-10-2-6-14-46(42)36-52)49-27-19-39(20-28-49)17-18-40-21-29-50(30-22-40)56(53-33-25-43-11-3-7-15-47(43)37-53)54-34-26-44-12-4-8-16-48(44)38-54/h1-11,13-38,44H,12H2/b18-17+. The van der Waals surface area contributed by atoms with Gasteiger partial charge in [0.1, 0.15) is 0 Å². The van der Waals surface area contributed by atoms with Crippen molar-refractivity contribution in [1.82, 2.24) is 0 Å². The van der Waals surface area contributed by atoms with Crippen LogP contribution in [0.2, 0.25) is 0 Å². The van der Waals surface area contributed by atoms with Crippen LogP contribution >= 0.6 is 0 Å². The third-order valence-electron chi connectivity index (χ3n) is 11.1. The average Bonchev–Trinajstić information content (AvgIpc) is 3.26. The maximum atomic E-state index is 2.38. The van der Waals surface area contributed by atoms with Crippen LogP contribution in [0.3, 0.4) is 0 Å². The Balaban J connectivity index is 0.944. The molecule has 0 spiro atoms. The molecule has 0 saturated carbocycles. The number of hydrogen-bond acceptors (Lipinski definition) is 2. The van der Waals surface area contributed by atoms with Crippen LogP contribution in [-0.2, 0) is 0 Å². The summed E-state index contributed by atoms with van der Waals surface area (Å²) in [6.45, 7) is 0. The average molecular weight is 717 g/mol. The van der Waals surface area contributed by atoms with Crippen LogP contribution in [0.5, 0.6) is 0 Å². The van der Waals surface area contributed by atoms with Gasteiger partial charge in [0.05, 0.1) is 0 Å². The third kappa shape index (κ3) is 6.63. The van der Waals surface area contributed by atoms with E-state index < -0.39 is 0 Å². The van der Waals surface area contributed by atoms with Gasteiger partial charge in [-0.2, -0.15) is 0 Å². The van der Waals surface area contributed by atoms with Gasteiger partial charge in [-0.3, -0.25) is 0 Å². The van der Waals surface area contributed by atoms with E-state index in [1.54, 1.807) is 0 Å². The van der Waals surface area contributed by atoms with Gasteiger partial charge in [-0.25, -0.2) is 0 Å². The Morgan fingerprint density at radius 2 is 0.857 bits per heavy atom. The molecule has 0 radical (unpaired) electrons. The van der Waals surface area contributed by atoms with Crippen molar-refractivity contribution in [2.75, 3.05) is 9.80 Å². The molecule has 0 aromatic heterocycles. The molecule has 266 valence electrons. The van der Waals surface area contributed by atoms with Crippen LogP contribution in [0.4, 0.5) is 28.4 Å². The molecule has 1 atom stereocenters. The smallest absolute Gasteiger partial charge is 0.0468 e. The molecule has 0 N–H and O–H groups in total. The van der Waals surface area contributed by atoms with Gasteiger partial charge in [0.15, 0.2) is 0 Å². The van der Waals surface area contributed by atoms with Gasteiger partial charge in [-0.15, -0.1) is 0 Å². The van der Waals surface area contributed by atoms with E-state index in [4.69, 9.17) is 0 Å². The Morgan fingerprint density at radius 1 is 0.429 bits per heavy atom. The van der Waals surface area contributed by atoms with Crippen LogP contribution < -0.4 is 9.80 Å². The van der Waals surface area contributed by atoms with Crippen molar-refractivity contribution in [1.29, 1.82) is 0 Å². The Labute approximate surface area is 328 Å². The van der Waals surface area contributed by atoms with Crippen molar-refractivity contribution in [3.8, 4) is 0 Å². The molecule has 0 bridgehead atoms. The van der Waals surface area contributed by atoms with Crippen LogP contribution in [-0.4, -0.2) is 0 Å². The van der Waals surface area contributed by atoms with Crippen LogP contribution in [0.1, 0.15) is 17.5 Å². The van der Waals surface area contributed by atoms with Crippen LogP contribution in [0.15, 0.2) is 224 Å². The summed E-state index contributed by atoms with van der Waals surface area (Å²) in [6, 6.07) is 63.6. The molecule has 1 unspecified atom stereocenters. The second kappa shape index (κ2) is 14.6. The molecule has 0 saturated heterocycles. The summed E-state index contributed by atoms with van der Waals surface area (Å²) in [5.41, 5.74) is 10.5. The number of anilines is 5. The number of rotatable bonds is 8. The number of fused-ring (bicyclic) bond motifs is 4. The van der Waals surface area contributed by atoms with Crippen molar-refractivity contribution >= 4 is 72.9 Å². The first-order chi connectivity index (χ1) is 27.7. The summed E-state index contributed by atoms with van der Waals surface area (Å²) in [5, 5.41) is 7.40. The van der Waals surface area contributed by atoms with E-state index in [0.717, 1.165) is 46.0 Å². The van der Waals surface area contributed by atoms with E-state index in [9.17, 15) is 0 Å². The molecular formula is C54H40N2. The molecule has 56 heavy (non-hydrogen) atoms. The number of hydrogen-bond donors (Lipinski definition) is 0. The summed E-state index contributed by atoms with van der Waals surface area (Å²) in [7, 11) is 0. The van der Waals surface area contributed by atoms with E-state index in [1.807, 2.05) is 0 Å². The fraction of sp³-hybridized carbons (Fsp3) is 0.0370. The first-order valence-corrected chi connectivity index (χ1v) is 19.4. The van der Waals surface area contributed by atoms with Crippen molar-refractivity contribution in [3.05, 3.63) is 235 Å². The van der Waals surface area contributed by atoms with E-state index in [-0.39, 0.29) is 0 Å². The summed E-state index contributed by atoms with van der Waals surface area (Å²) in [4.78, 5) is 4.73. The molecule has 0 amide bonds. The molecule has 2 aliphatic rings.